The van der Waals surface area contributed by atoms with E-state index in [9.17, 15) is 23.6 Å². The molecule has 4 N–H and O–H groups in total. The summed E-state index contributed by atoms with van der Waals surface area (Å²) in [5.74, 6) is -3.23. The first kappa shape index (κ1) is 25.1. The van der Waals surface area contributed by atoms with Crippen molar-refractivity contribution >= 4 is 41.3 Å². The Bertz CT molecular complexity index is 771. The van der Waals surface area contributed by atoms with Gasteiger partial charge < -0.3 is 11.1 Å². The fourth-order valence-electron chi connectivity index (χ4n) is 2.43. The summed E-state index contributed by atoms with van der Waals surface area (Å²) in [6.45, 7) is 3.33. The number of nitrogens with one attached hydrogen (secondary N) is 2. The number of carbonyl (C=O) groups excluding carboxylic acids is 4. The molecule has 0 aliphatic heterocycles. The van der Waals surface area contributed by atoms with Gasteiger partial charge in [-0.15, -0.1) is 0 Å². The molecule has 0 aliphatic rings. The molecular weight excluding hydrogens is 415 g/mol. The van der Waals surface area contributed by atoms with Crippen molar-refractivity contribution in [3.05, 3.63) is 42.0 Å². The van der Waals surface area contributed by atoms with Crippen LogP contribution in [-0.4, -0.2) is 46.9 Å². The van der Waals surface area contributed by atoms with Gasteiger partial charge in [-0.3, -0.25) is 24.6 Å². The number of rotatable bonds is 10. The number of hydrogen-bond acceptors (Lipinski definition) is 4. The summed E-state index contributed by atoms with van der Waals surface area (Å²) < 4.78 is 13.2. The van der Waals surface area contributed by atoms with E-state index in [1.54, 1.807) is 6.08 Å². The third-order valence-electron chi connectivity index (χ3n) is 3.85. The molecule has 2 atom stereocenters. The van der Waals surface area contributed by atoms with Crippen LogP contribution in [0.2, 0.25) is 0 Å². The summed E-state index contributed by atoms with van der Waals surface area (Å²) in [5.41, 5.74) is 5.64. The van der Waals surface area contributed by atoms with E-state index < -0.39 is 35.3 Å². The Hall–Kier alpha value is -2.94. The Morgan fingerprint density at radius 1 is 1.20 bits per heavy atom. The number of hydrazine groups is 1. The summed E-state index contributed by atoms with van der Waals surface area (Å²) in [6, 6.07) is 8.09. The second-order valence-electron chi connectivity index (χ2n) is 6.92. The molecule has 30 heavy (non-hydrogen) atoms. The maximum atomic E-state index is 13.2. The summed E-state index contributed by atoms with van der Waals surface area (Å²) >= 11 is 5.17. The highest BCUT2D eigenvalue weighted by Crippen LogP contribution is 2.08. The van der Waals surface area contributed by atoms with Crippen LogP contribution in [-0.2, 0) is 19.2 Å². The van der Waals surface area contributed by atoms with Crippen molar-refractivity contribution < 1.29 is 23.6 Å². The third-order valence-corrected chi connectivity index (χ3v) is 4.03. The molecule has 0 fully saturated rings. The number of alkyl halides is 2. The lowest BCUT2D eigenvalue weighted by Gasteiger charge is -2.26. The van der Waals surface area contributed by atoms with Crippen LogP contribution in [0.1, 0.15) is 32.3 Å². The van der Waals surface area contributed by atoms with Crippen LogP contribution in [0.15, 0.2) is 36.4 Å². The molecule has 2 unspecified atom stereocenters. The van der Waals surface area contributed by atoms with Gasteiger partial charge in [-0.2, -0.15) is 0 Å². The largest absolute Gasteiger partial charge is 0.370 e. The number of hydrogen-bond donors (Lipinski definition) is 3. The maximum absolute atomic E-state index is 13.2. The van der Waals surface area contributed by atoms with E-state index in [2.05, 4.69) is 10.7 Å². The van der Waals surface area contributed by atoms with Crippen molar-refractivity contribution in [3.8, 4) is 0 Å². The lowest BCUT2D eigenvalue weighted by molar-refractivity contribution is -0.145. The van der Waals surface area contributed by atoms with Crippen LogP contribution in [0.4, 0.5) is 4.39 Å². The fraction of sp³-hybridized carbons (Fsp3) is 0.400. The number of halogens is 2. The molecule has 164 valence electrons. The van der Waals surface area contributed by atoms with Crippen molar-refractivity contribution in [2.24, 2.45) is 11.7 Å². The molecule has 0 saturated carbocycles. The predicted molar refractivity (Wildman–Crippen MR) is 111 cm³/mol. The van der Waals surface area contributed by atoms with E-state index in [0.717, 1.165) is 5.56 Å². The van der Waals surface area contributed by atoms with Crippen molar-refractivity contribution in [2.45, 2.75) is 38.4 Å². The first-order valence-electron chi connectivity index (χ1n) is 9.32. The minimum atomic E-state index is -2.41. The van der Waals surface area contributed by atoms with E-state index in [4.69, 9.17) is 17.3 Å². The molecular formula is C20H26ClFN4O4. The molecule has 0 bridgehead atoms. The quantitative estimate of drug-likeness (QED) is 0.290. The Morgan fingerprint density at radius 3 is 2.37 bits per heavy atom. The second-order valence-corrected chi connectivity index (χ2v) is 7.30. The van der Waals surface area contributed by atoms with Gasteiger partial charge in [0.2, 0.25) is 11.8 Å². The Morgan fingerprint density at radius 2 is 1.83 bits per heavy atom. The standard InChI is InChI=1S/C20H26ClFN4O4/c1-13(2)12-15(24-17(28)9-8-14-6-4-3-5-7-14)19(29)25-26(11-10-16(23)27)20(30)18(21)22/h3-9,13,15,18H,10-12H2,1-2H3,(H2,23,27)(H,24,28)(H,25,29)/b9-8+. The normalized spacial score (nSPS) is 13.0. The molecule has 0 radical (unpaired) electrons. The van der Waals surface area contributed by atoms with Crippen LogP contribution in [0.25, 0.3) is 6.08 Å². The van der Waals surface area contributed by atoms with Gasteiger partial charge in [0.15, 0.2) is 0 Å². The average Bonchev–Trinajstić information content (AvgIpc) is 2.68. The number of carbonyl (C=O) groups is 4. The van der Waals surface area contributed by atoms with Gasteiger partial charge in [0.1, 0.15) is 6.04 Å². The van der Waals surface area contributed by atoms with Crippen molar-refractivity contribution in [1.82, 2.24) is 15.8 Å². The van der Waals surface area contributed by atoms with E-state index in [1.807, 2.05) is 44.2 Å². The molecule has 4 amide bonds. The van der Waals surface area contributed by atoms with Gasteiger partial charge in [-0.25, -0.2) is 9.40 Å². The van der Waals surface area contributed by atoms with Crippen LogP contribution in [0.3, 0.4) is 0 Å². The molecule has 1 aromatic carbocycles. The van der Waals surface area contributed by atoms with Gasteiger partial charge in [0.25, 0.3) is 17.4 Å². The average molecular weight is 441 g/mol. The summed E-state index contributed by atoms with van der Waals surface area (Å²) in [5, 5.41) is 3.15. The number of nitrogens with two attached hydrogens (primary N) is 1. The maximum Gasteiger partial charge on any atom is 0.291 e. The van der Waals surface area contributed by atoms with Crippen LogP contribution >= 0.6 is 11.6 Å². The lowest BCUT2D eigenvalue weighted by Crippen LogP contribution is -2.56. The highest BCUT2D eigenvalue weighted by Gasteiger charge is 2.28. The topological polar surface area (TPSA) is 122 Å². The minimum Gasteiger partial charge on any atom is -0.370 e. The van der Waals surface area contributed by atoms with Gasteiger partial charge >= 0.3 is 0 Å². The number of benzene rings is 1. The highest BCUT2D eigenvalue weighted by atomic mass is 35.5. The monoisotopic (exact) mass is 440 g/mol. The molecule has 0 heterocycles. The zero-order valence-electron chi connectivity index (χ0n) is 16.8. The van der Waals surface area contributed by atoms with Crippen LogP contribution in [0, 0.1) is 5.92 Å². The molecule has 0 aromatic heterocycles. The molecule has 1 rings (SSSR count). The van der Waals surface area contributed by atoms with Crippen molar-refractivity contribution in [1.29, 1.82) is 0 Å². The van der Waals surface area contributed by atoms with Gasteiger partial charge in [-0.05, 0) is 24.0 Å². The van der Waals surface area contributed by atoms with Crippen LogP contribution in [0.5, 0.6) is 0 Å². The molecule has 0 saturated heterocycles. The Labute approximate surface area is 179 Å². The van der Waals surface area contributed by atoms with Crippen LogP contribution < -0.4 is 16.5 Å². The zero-order valence-corrected chi connectivity index (χ0v) is 17.6. The summed E-state index contributed by atoms with van der Waals surface area (Å²) in [4.78, 5) is 47.7. The summed E-state index contributed by atoms with van der Waals surface area (Å²) in [7, 11) is 0. The van der Waals surface area contributed by atoms with E-state index in [-0.39, 0.29) is 25.3 Å². The molecule has 1 aromatic rings. The number of primary amides is 1. The number of nitrogens with zero attached hydrogens (tertiary/aromatic N) is 1. The molecule has 0 spiro atoms. The summed E-state index contributed by atoms with van der Waals surface area (Å²) in [6.07, 6.45) is 2.82. The highest BCUT2D eigenvalue weighted by molar-refractivity contribution is 6.29. The van der Waals surface area contributed by atoms with E-state index in [0.29, 0.717) is 5.01 Å². The van der Waals surface area contributed by atoms with Gasteiger partial charge in [0.05, 0.1) is 6.54 Å². The Balaban J connectivity index is 2.86. The number of amides is 4. The molecule has 8 nitrogen and oxygen atoms in total. The lowest BCUT2D eigenvalue weighted by atomic mass is 10.0. The van der Waals surface area contributed by atoms with Crippen molar-refractivity contribution in [3.63, 3.8) is 0 Å². The van der Waals surface area contributed by atoms with Crippen molar-refractivity contribution in [2.75, 3.05) is 6.54 Å². The first-order chi connectivity index (χ1) is 14.1. The molecule has 10 heteroatoms. The van der Waals surface area contributed by atoms with E-state index in [1.165, 1.54) is 6.08 Å². The van der Waals surface area contributed by atoms with Gasteiger partial charge in [-0.1, -0.05) is 55.8 Å². The molecule has 0 aliphatic carbocycles. The minimum absolute atomic E-state index is 0.0240. The predicted octanol–water partition coefficient (Wildman–Crippen LogP) is 1.50. The zero-order chi connectivity index (χ0) is 22.7. The second kappa shape index (κ2) is 12.6. The third kappa shape index (κ3) is 9.51. The SMILES string of the molecule is CC(C)CC(NC(=O)/C=C/c1ccccc1)C(=O)NN(CCC(N)=O)C(=O)C(F)Cl. The smallest absolute Gasteiger partial charge is 0.291 e. The Kier molecular flexibility index (Phi) is 10.5. The van der Waals surface area contributed by atoms with E-state index >= 15 is 0 Å². The first-order valence-corrected chi connectivity index (χ1v) is 9.75. The fourth-order valence-corrected chi connectivity index (χ4v) is 2.55. The van der Waals surface area contributed by atoms with Gasteiger partial charge in [0, 0.05) is 12.5 Å².